The summed E-state index contributed by atoms with van der Waals surface area (Å²) in [6.45, 7) is 4.10. The smallest absolute Gasteiger partial charge is 0.253 e. The minimum absolute atomic E-state index is 0.0866. The van der Waals surface area contributed by atoms with Crippen LogP contribution in [0.2, 0.25) is 0 Å². The van der Waals surface area contributed by atoms with Crippen LogP contribution in [0.25, 0.3) is 10.8 Å². The standard InChI is InChI=1S/C23H24N2O2/c1-2-27-21-11-9-17(10-12-21)23(26)25-13-5-8-20(16-25)22-14-18-6-3-4-7-19(18)15-24-22/h3-4,6-7,9-12,14-15,20H,2,5,8,13,16H2,1H3/t20-/m0/s1. The van der Waals surface area contributed by atoms with Gasteiger partial charge in [-0.05, 0) is 55.5 Å². The number of aromatic nitrogens is 1. The number of rotatable bonds is 4. The molecule has 1 atom stereocenters. The van der Waals surface area contributed by atoms with Crippen LogP contribution >= 0.6 is 0 Å². The molecule has 0 bridgehead atoms. The number of hydrogen-bond acceptors (Lipinski definition) is 3. The van der Waals surface area contributed by atoms with Crippen LogP contribution in [0.3, 0.4) is 0 Å². The van der Waals surface area contributed by atoms with Gasteiger partial charge >= 0.3 is 0 Å². The van der Waals surface area contributed by atoms with Gasteiger partial charge in [-0.25, -0.2) is 0 Å². The third-order valence-corrected chi connectivity index (χ3v) is 5.19. The van der Waals surface area contributed by atoms with Crippen LogP contribution < -0.4 is 4.74 Å². The van der Waals surface area contributed by atoms with E-state index in [0.717, 1.165) is 42.8 Å². The molecule has 0 radical (unpaired) electrons. The number of carbonyl (C=O) groups excluding carboxylic acids is 1. The zero-order chi connectivity index (χ0) is 18.6. The quantitative estimate of drug-likeness (QED) is 0.680. The van der Waals surface area contributed by atoms with Gasteiger partial charge in [-0.15, -0.1) is 0 Å². The molecule has 3 aromatic rings. The number of piperidine rings is 1. The van der Waals surface area contributed by atoms with Gasteiger partial charge in [0.1, 0.15) is 5.75 Å². The van der Waals surface area contributed by atoms with Crippen LogP contribution in [0.15, 0.2) is 60.8 Å². The molecular weight excluding hydrogens is 336 g/mol. The molecule has 2 heterocycles. The Balaban J connectivity index is 1.50. The predicted octanol–water partition coefficient (Wildman–Crippen LogP) is 4.65. The monoisotopic (exact) mass is 360 g/mol. The summed E-state index contributed by atoms with van der Waals surface area (Å²) in [6.07, 6.45) is 4.01. The Hall–Kier alpha value is -2.88. The van der Waals surface area contributed by atoms with Gasteiger partial charge in [-0.3, -0.25) is 9.78 Å². The third-order valence-electron chi connectivity index (χ3n) is 5.19. The van der Waals surface area contributed by atoms with Gasteiger partial charge in [0.15, 0.2) is 0 Å². The molecule has 4 heteroatoms. The molecule has 1 amide bonds. The Kier molecular flexibility index (Phi) is 5.05. The van der Waals surface area contributed by atoms with Crippen LogP contribution in [0.5, 0.6) is 5.75 Å². The SMILES string of the molecule is CCOc1ccc(C(=O)N2CCC[C@H](c3cc4ccccc4cn3)C2)cc1. The van der Waals surface area contributed by atoms with Gasteiger partial charge in [0.05, 0.1) is 6.61 Å². The second-order valence-corrected chi connectivity index (χ2v) is 7.00. The van der Waals surface area contributed by atoms with Crippen molar-refractivity contribution < 1.29 is 9.53 Å². The van der Waals surface area contributed by atoms with Crippen LogP contribution in [-0.2, 0) is 0 Å². The lowest BCUT2D eigenvalue weighted by atomic mass is 9.93. The van der Waals surface area contributed by atoms with Crippen LogP contribution in [-0.4, -0.2) is 35.5 Å². The number of benzene rings is 2. The highest BCUT2D eigenvalue weighted by Crippen LogP contribution is 2.28. The Bertz CT molecular complexity index is 937. The highest BCUT2D eigenvalue weighted by molar-refractivity contribution is 5.94. The zero-order valence-corrected chi connectivity index (χ0v) is 15.6. The topological polar surface area (TPSA) is 42.4 Å². The fourth-order valence-corrected chi connectivity index (χ4v) is 3.77. The van der Waals surface area contributed by atoms with Crippen molar-refractivity contribution in [1.82, 2.24) is 9.88 Å². The van der Waals surface area contributed by atoms with E-state index in [-0.39, 0.29) is 11.8 Å². The van der Waals surface area contributed by atoms with Gasteiger partial charge in [0.2, 0.25) is 0 Å². The molecule has 1 aliphatic rings. The molecule has 0 aliphatic carbocycles. The van der Waals surface area contributed by atoms with E-state index in [1.807, 2.05) is 48.4 Å². The second kappa shape index (κ2) is 7.78. The molecule has 1 saturated heterocycles. The van der Waals surface area contributed by atoms with E-state index >= 15 is 0 Å². The predicted molar refractivity (Wildman–Crippen MR) is 107 cm³/mol. The summed E-state index contributed by atoms with van der Waals surface area (Å²) in [5, 5.41) is 2.36. The minimum Gasteiger partial charge on any atom is -0.494 e. The summed E-state index contributed by atoms with van der Waals surface area (Å²) in [4.78, 5) is 19.6. The first-order valence-corrected chi connectivity index (χ1v) is 9.61. The molecule has 1 aliphatic heterocycles. The molecule has 2 aromatic carbocycles. The summed E-state index contributed by atoms with van der Waals surface area (Å²) in [7, 11) is 0. The fraction of sp³-hybridized carbons (Fsp3) is 0.304. The normalized spacial score (nSPS) is 17.1. The van der Waals surface area contributed by atoms with Crippen molar-refractivity contribution in [2.24, 2.45) is 0 Å². The number of hydrogen-bond donors (Lipinski definition) is 0. The first-order chi connectivity index (χ1) is 13.2. The van der Waals surface area contributed by atoms with Crippen LogP contribution in [0.4, 0.5) is 0 Å². The fourth-order valence-electron chi connectivity index (χ4n) is 3.77. The number of pyridine rings is 1. The largest absolute Gasteiger partial charge is 0.494 e. The van der Waals surface area contributed by atoms with E-state index in [2.05, 4.69) is 29.2 Å². The Morgan fingerprint density at radius 2 is 1.93 bits per heavy atom. The summed E-state index contributed by atoms with van der Waals surface area (Å²) < 4.78 is 5.46. The highest BCUT2D eigenvalue weighted by Gasteiger charge is 2.26. The second-order valence-electron chi connectivity index (χ2n) is 7.00. The highest BCUT2D eigenvalue weighted by atomic mass is 16.5. The van der Waals surface area contributed by atoms with Crippen LogP contribution in [0.1, 0.15) is 41.7 Å². The summed E-state index contributed by atoms with van der Waals surface area (Å²) >= 11 is 0. The van der Waals surface area contributed by atoms with Gasteiger partial charge in [-0.1, -0.05) is 24.3 Å². The molecule has 0 unspecified atom stereocenters. The lowest BCUT2D eigenvalue weighted by Crippen LogP contribution is -2.39. The first-order valence-electron chi connectivity index (χ1n) is 9.61. The van der Waals surface area contributed by atoms with Crippen molar-refractivity contribution in [2.75, 3.05) is 19.7 Å². The summed E-state index contributed by atoms with van der Waals surface area (Å²) in [5.41, 5.74) is 1.79. The van der Waals surface area contributed by atoms with Crippen molar-refractivity contribution in [3.05, 3.63) is 72.1 Å². The zero-order valence-electron chi connectivity index (χ0n) is 15.6. The van der Waals surface area contributed by atoms with E-state index in [1.54, 1.807) is 0 Å². The molecule has 4 nitrogen and oxygen atoms in total. The van der Waals surface area contributed by atoms with E-state index < -0.39 is 0 Å². The number of nitrogens with zero attached hydrogens (tertiary/aromatic N) is 2. The van der Waals surface area contributed by atoms with Gasteiger partial charge < -0.3 is 9.64 Å². The maximum atomic E-state index is 12.9. The number of ether oxygens (including phenoxy) is 1. The Morgan fingerprint density at radius 3 is 2.70 bits per heavy atom. The number of likely N-dealkylation sites (tertiary alicyclic amines) is 1. The molecule has 27 heavy (non-hydrogen) atoms. The van der Waals surface area contributed by atoms with E-state index in [9.17, 15) is 4.79 Å². The molecule has 1 fully saturated rings. The van der Waals surface area contributed by atoms with Gasteiger partial charge in [-0.2, -0.15) is 0 Å². The van der Waals surface area contributed by atoms with E-state index in [0.29, 0.717) is 12.2 Å². The maximum Gasteiger partial charge on any atom is 0.253 e. The van der Waals surface area contributed by atoms with Crippen molar-refractivity contribution in [2.45, 2.75) is 25.7 Å². The molecule has 1 aromatic heterocycles. The molecular formula is C23H24N2O2. The molecule has 0 saturated carbocycles. The maximum absolute atomic E-state index is 12.9. The number of fused-ring (bicyclic) bond motifs is 1. The third kappa shape index (κ3) is 3.80. The van der Waals surface area contributed by atoms with Gasteiger partial charge in [0, 0.05) is 41.8 Å². The lowest BCUT2D eigenvalue weighted by molar-refractivity contribution is 0.0706. The molecule has 138 valence electrons. The van der Waals surface area contributed by atoms with E-state index in [1.165, 1.54) is 5.39 Å². The summed E-state index contributed by atoms with van der Waals surface area (Å²) in [5.74, 6) is 1.17. The van der Waals surface area contributed by atoms with Gasteiger partial charge in [0.25, 0.3) is 5.91 Å². The average Bonchev–Trinajstić information content (AvgIpc) is 2.74. The average molecular weight is 360 g/mol. The van der Waals surface area contributed by atoms with Crippen molar-refractivity contribution >= 4 is 16.7 Å². The van der Waals surface area contributed by atoms with E-state index in [4.69, 9.17) is 4.74 Å². The van der Waals surface area contributed by atoms with Crippen molar-refractivity contribution in [1.29, 1.82) is 0 Å². The van der Waals surface area contributed by atoms with Crippen molar-refractivity contribution in [3.63, 3.8) is 0 Å². The molecule has 0 N–H and O–H groups in total. The lowest BCUT2D eigenvalue weighted by Gasteiger charge is -2.32. The molecule has 0 spiro atoms. The minimum atomic E-state index is 0.0866. The van der Waals surface area contributed by atoms with Crippen LogP contribution in [0, 0.1) is 0 Å². The number of amides is 1. The Morgan fingerprint density at radius 1 is 1.15 bits per heavy atom. The number of carbonyl (C=O) groups is 1. The van der Waals surface area contributed by atoms with Crippen molar-refractivity contribution in [3.8, 4) is 5.75 Å². The Labute approximate surface area is 159 Å². The molecule has 4 rings (SSSR count). The first kappa shape index (κ1) is 17.5. The summed E-state index contributed by atoms with van der Waals surface area (Å²) in [6, 6.07) is 17.9.